The molecule has 1 unspecified atom stereocenters. The van der Waals surface area contributed by atoms with Crippen LogP contribution in [0.25, 0.3) is 0 Å². The Kier molecular flexibility index (Phi) is 5.65. The maximum absolute atomic E-state index is 15.1. The lowest BCUT2D eigenvalue weighted by atomic mass is 9.78. The average molecular weight is 400 g/mol. The van der Waals surface area contributed by atoms with E-state index in [9.17, 15) is 9.90 Å². The van der Waals surface area contributed by atoms with Crippen LogP contribution in [0.2, 0.25) is 5.02 Å². The summed E-state index contributed by atoms with van der Waals surface area (Å²) in [5.41, 5.74) is -1.28. The summed E-state index contributed by atoms with van der Waals surface area (Å²) in [4.78, 5) is 13.0. The van der Waals surface area contributed by atoms with E-state index in [1.807, 2.05) is 27.7 Å². The third kappa shape index (κ3) is 3.96. The molecule has 27 heavy (non-hydrogen) atoms. The van der Waals surface area contributed by atoms with Gasteiger partial charge in [-0.25, -0.2) is 9.18 Å². The molecule has 0 radical (unpaired) electrons. The van der Waals surface area contributed by atoms with E-state index >= 15 is 4.39 Å². The van der Waals surface area contributed by atoms with Crippen LogP contribution in [0.5, 0.6) is 0 Å². The van der Waals surface area contributed by atoms with E-state index in [4.69, 9.17) is 20.9 Å². The molecule has 1 saturated heterocycles. The Hall–Kier alpha value is -1.31. The Morgan fingerprint density at radius 3 is 2.11 bits per heavy atom. The minimum atomic E-state index is -1.10. The number of benzene rings is 1. The van der Waals surface area contributed by atoms with Gasteiger partial charge in [0.05, 0.1) is 22.3 Å². The zero-order valence-corrected chi connectivity index (χ0v) is 17.9. The van der Waals surface area contributed by atoms with Crippen molar-refractivity contribution < 1.29 is 23.6 Å². The summed E-state index contributed by atoms with van der Waals surface area (Å²) in [5, 5.41) is 9.47. The van der Waals surface area contributed by atoms with Crippen LogP contribution in [-0.2, 0) is 9.31 Å². The van der Waals surface area contributed by atoms with Gasteiger partial charge >= 0.3 is 13.2 Å². The van der Waals surface area contributed by atoms with Gasteiger partial charge in [0.1, 0.15) is 5.82 Å². The highest BCUT2D eigenvalue weighted by Gasteiger charge is 2.52. The van der Waals surface area contributed by atoms with Crippen molar-refractivity contribution in [1.29, 1.82) is 0 Å². The van der Waals surface area contributed by atoms with Gasteiger partial charge in [-0.1, -0.05) is 23.7 Å². The molecule has 1 atom stereocenters. The van der Waals surface area contributed by atoms with E-state index in [1.165, 1.54) is 4.90 Å². The fourth-order valence-electron chi connectivity index (χ4n) is 3.23. The largest absolute Gasteiger partial charge is 0.497 e. The highest BCUT2D eigenvalue weighted by Crippen LogP contribution is 2.38. The highest BCUT2D eigenvalue weighted by molar-refractivity contribution is 6.62. The van der Waals surface area contributed by atoms with Crippen molar-refractivity contribution in [2.24, 2.45) is 0 Å². The number of carboxylic acid groups (broad SMARTS) is 1. The number of halogens is 2. The lowest BCUT2D eigenvalue weighted by Gasteiger charge is -2.38. The Morgan fingerprint density at radius 2 is 1.70 bits per heavy atom. The summed E-state index contributed by atoms with van der Waals surface area (Å²) < 4.78 is 26.9. The third-order valence-corrected chi connectivity index (χ3v) is 5.80. The molecule has 8 heteroatoms. The molecule has 5 nitrogen and oxygen atoms in total. The van der Waals surface area contributed by atoms with Crippen LogP contribution < -0.4 is 5.46 Å². The zero-order valence-electron chi connectivity index (χ0n) is 17.2. The molecule has 0 saturated carbocycles. The minimum Gasteiger partial charge on any atom is -0.465 e. The fourth-order valence-corrected chi connectivity index (χ4v) is 3.56. The average Bonchev–Trinajstić information content (AvgIpc) is 2.67. The normalized spacial score (nSPS) is 19.9. The van der Waals surface area contributed by atoms with Crippen LogP contribution >= 0.6 is 11.6 Å². The van der Waals surface area contributed by atoms with Crippen LogP contribution in [0.1, 0.15) is 67.0 Å². The fraction of sp³-hybridized carbons (Fsp3) is 0.632. The minimum absolute atomic E-state index is 0.120. The summed E-state index contributed by atoms with van der Waals surface area (Å²) in [7, 11) is -0.880. The Bertz CT molecular complexity index is 732. The number of hydrogen-bond donors (Lipinski definition) is 1. The van der Waals surface area contributed by atoms with Gasteiger partial charge in [0.2, 0.25) is 0 Å². The second kappa shape index (κ2) is 6.94. The van der Waals surface area contributed by atoms with Gasteiger partial charge in [0.15, 0.2) is 0 Å². The molecule has 1 aromatic rings. The molecule has 1 heterocycles. The SMILES string of the molecule is CC(c1ccc(B2OC(C)(C)C(C)(C)O2)c(F)c1Cl)N(C(=O)O)C(C)(C)C. The summed E-state index contributed by atoms with van der Waals surface area (Å²) >= 11 is 6.31. The smallest absolute Gasteiger partial charge is 0.465 e. The van der Waals surface area contributed by atoms with E-state index < -0.39 is 41.8 Å². The van der Waals surface area contributed by atoms with Crippen molar-refractivity contribution in [3.8, 4) is 0 Å². The van der Waals surface area contributed by atoms with Gasteiger partial charge in [-0.15, -0.1) is 0 Å². The molecule has 1 aliphatic heterocycles. The van der Waals surface area contributed by atoms with Crippen molar-refractivity contribution >= 4 is 30.3 Å². The molecule has 1 aliphatic rings. The molecular formula is C19H28BClFNO4. The van der Waals surface area contributed by atoms with Crippen LogP contribution in [0.4, 0.5) is 9.18 Å². The molecule has 0 bridgehead atoms. The van der Waals surface area contributed by atoms with Gasteiger partial charge in [-0.2, -0.15) is 0 Å². The Labute approximate surface area is 165 Å². The molecule has 150 valence electrons. The summed E-state index contributed by atoms with van der Waals surface area (Å²) in [5.74, 6) is -0.654. The van der Waals surface area contributed by atoms with Crippen molar-refractivity contribution in [3.05, 3.63) is 28.5 Å². The highest BCUT2D eigenvalue weighted by atomic mass is 35.5. The third-order valence-electron chi connectivity index (χ3n) is 5.42. The molecule has 0 spiro atoms. The number of carbonyl (C=O) groups is 1. The summed E-state index contributed by atoms with van der Waals surface area (Å²) in [6.07, 6.45) is -1.10. The monoisotopic (exact) mass is 399 g/mol. The molecular weight excluding hydrogens is 371 g/mol. The lowest BCUT2D eigenvalue weighted by molar-refractivity contribution is 0.00578. The van der Waals surface area contributed by atoms with E-state index in [1.54, 1.807) is 39.8 Å². The topological polar surface area (TPSA) is 59.0 Å². The number of amides is 1. The maximum atomic E-state index is 15.1. The van der Waals surface area contributed by atoms with Crippen molar-refractivity contribution in [2.75, 3.05) is 0 Å². The summed E-state index contributed by atoms with van der Waals surface area (Å²) in [6, 6.07) is 2.56. The van der Waals surface area contributed by atoms with Crippen LogP contribution in [0, 0.1) is 5.82 Å². The standard InChI is InChI=1S/C19H28BClFNO4/c1-11(23(16(24)25)17(2,3)4)12-9-10-13(15(22)14(12)21)20-26-18(5,6)19(7,8)27-20/h9-11H,1-8H3,(H,24,25). The Morgan fingerprint density at radius 1 is 1.22 bits per heavy atom. The predicted octanol–water partition coefficient (Wildman–Crippen LogP) is 4.62. The molecule has 1 N–H and O–H groups in total. The first kappa shape index (κ1) is 22.0. The first-order valence-electron chi connectivity index (χ1n) is 8.96. The molecule has 0 aromatic heterocycles. The molecule has 1 aromatic carbocycles. The van der Waals surface area contributed by atoms with Gasteiger partial charge < -0.3 is 14.4 Å². The number of hydrogen-bond acceptors (Lipinski definition) is 3. The van der Waals surface area contributed by atoms with Crippen molar-refractivity contribution in [3.63, 3.8) is 0 Å². The van der Waals surface area contributed by atoms with E-state index in [0.717, 1.165) is 0 Å². The maximum Gasteiger partial charge on any atom is 0.497 e. The van der Waals surface area contributed by atoms with Gasteiger partial charge in [-0.3, -0.25) is 4.90 Å². The van der Waals surface area contributed by atoms with Gasteiger partial charge in [-0.05, 0) is 61.0 Å². The van der Waals surface area contributed by atoms with Crippen LogP contribution in [0.15, 0.2) is 12.1 Å². The predicted molar refractivity (Wildman–Crippen MR) is 105 cm³/mol. The number of rotatable bonds is 3. The molecule has 1 amide bonds. The molecule has 2 rings (SSSR count). The van der Waals surface area contributed by atoms with Crippen molar-refractivity contribution in [2.45, 2.75) is 78.2 Å². The van der Waals surface area contributed by atoms with E-state index in [2.05, 4.69) is 0 Å². The Balaban J connectivity index is 2.42. The second-order valence-corrected chi connectivity index (χ2v) is 9.34. The molecule has 1 fully saturated rings. The second-order valence-electron chi connectivity index (χ2n) is 8.96. The quantitative estimate of drug-likeness (QED) is 0.754. The lowest BCUT2D eigenvalue weighted by Crippen LogP contribution is -2.46. The summed E-state index contributed by atoms with van der Waals surface area (Å²) in [6.45, 7) is 14.6. The van der Waals surface area contributed by atoms with E-state index in [-0.39, 0.29) is 10.5 Å². The van der Waals surface area contributed by atoms with Crippen LogP contribution in [0.3, 0.4) is 0 Å². The van der Waals surface area contributed by atoms with E-state index in [0.29, 0.717) is 5.56 Å². The first-order chi connectivity index (χ1) is 12.1. The van der Waals surface area contributed by atoms with Crippen molar-refractivity contribution in [1.82, 2.24) is 4.90 Å². The van der Waals surface area contributed by atoms with Crippen LogP contribution in [-0.4, -0.2) is 40.0 Å². The number of nitrogens with zero attached hydrogens (tertiary/aromatic N) is 1. The van der Waals surface area contributed by atoms with Gasteiger partial charge in [0.25, 0.3) is 0 Å². The van der Waals surface area contributed by atoms with Gasteiger partial charge in [0, 0.05) is 11.0 Å². The first-order valence-corrected chi connectivity index (χ1v) is 9.33. The zero-order chi connectivity index (χ0) is 20.9. The molecule has 0 aliphatic carbocycles.